The first-order valence-corrected chi connectivity index (χ1v) is 13.9. The van der Waals surface area contributed by atoms with Gasteiger partial charge in [0.1, 0.15) is 11.7 Å². The Labute approximate surface area is 233 Å². The number of amides is 1. The third-order valence-electron chi connectivity index (χ3n) is 8.19. The van der Waals surface area contributed by atoms with Crippen LogP contribution in [-0.2, 0) is 12.3 Å². The van der Waals surface area contributed by atoms with Crippen molar-refractivity contribution in [2.24, 2.45) is 22.0 Å². The van der Waals surface area contributed by atoms with E-state index in [0.29, 0.717) is 25.9 Å². The molecule has 2 aliphatic heterocycles. The van der Waals surface area contributed by atoms with Crippen LogP contribution in [0.2, 0.25) is 0 Å². The van der Waals surface area contributed by atoms with Crippen LogP contribution in [0.15, 0.2) is 71.0 Å². The fourth-order valence-corrected chi connectivity index (χ4v) is 5.74. The van der Waals surface area contributed by atoms with Gasteiger partial charge in [0.2, 0.25) is 0 Å². The molecule has 0 saturated carbocycles. The van der Waals surface area contributed by atoms with Crippen LogP contribution in [0.1, 0.15) is 60.3 Å². The molecule has 9 heteroatoms. The number of carbonyl (C=O) groups is 1. The fraction of sp³-hybridized carbons (Fsp3) is 0.419. The zero-order valence-electron chi connectivity index (χ0n) is 23.0. The quantitative estimate of drug-likeness (QED) is 0.444. The van der Waals surface area contributed by atoms with E-state index in [2.05, 4.69) is 45.2 Å². The molecule has 1 aliphatic carbocycles. The maximum atomic E-state index is 14.6. The van der Waals surface area contributed by atoms with Gasteiger partial charge in [-0.15, -0.1) is 5.10 Å². The number of allylic oxidation sites excluding steroid dienone is 3. The smallest absolute Gasteiger partial charge is 0.273 e. The third-order valence-corrected chi connectivity index (χ3v) is 8.19. The van der Waals surface area contributed by atoms with Gasteiger partial charge < -0.3 is 9.80 Å². The Bertz CT molecular complexity index is 1390. The molecule has 1 saturated heterocycles. The minimum absolute atomic E-state index is 0.0460. The molecule has 1 amide bonds. The molecule has 3 aliphatic rings. The first-order valence-electron chi connectivity index (χ1n) is 13.9. The molecule has 5 rings (SSSR count). The number of hydrogen-bond donors (Lipinski definition) is 0. The highest BCUT2D eigenvalue weighted by molar-refractivity contribution is 6.08. The fourth-order valence-electron chi connectivity index (χ4n) is 5.74. The lowest BCUT2D eigenvalue weighted by molar-refractivity contribution is -0.00986. The van der Waals surface area contributed by atoms with Crippen LogP contribution < -0.4 is 0 Å². The topological polar surface area (TPSA) is 61.2 Å². The first kappa shape index (κ1) is 27.8. The Balaban J connectivity index is 1.32. The second-order valence-electron chi connectivity index (χ2n) is 10.5. The number of rotatable bonds is 6. The number of likely N-dealkylation sites (tertiary alicyclic amines) is 1. The number of halogens is 3. The van der Waals surface area contributed by atoms with Crippen molar-refractivity contribution in [1.29, 1.82) is 0 Å². The number of benzene rings is 1. The summed E-state index contributed by atoms with van der Waals surface area (Å²) in [6, 6.07) is 6.92. The highest BCUT2D eigenvalue weighted by Crippen LogP contribution is 2.36. The molecule has 3 heterocycles. The van der Waals surface area contributed by atoms with Crippen molar-refractivity contribution in [3.63, 3.8) is 0 Å². The standard InChI is InChI=1S/C31H34F3N5O/c1-4-22-18-20(12-15-35-22)28-24-8-6-7-9-25(24)29(37-36-28)39-16-13-23(14-17-39)38(3)30(40)26-11-10-21(32)19-27(26)31(33,34)5-2/h6-12,15,18-19,23-25H,4-5,13-14,16-17H2,1-3H3. The monoisotopic (exact) mass is 549 g/mol. The van der Waals surface area contributed by atoms with Crippen LogP contribution in [-0.4, -0.2) is 58.4 Å². The van der Waals surface area contributed by atoms with Gasteiger partial charge in [-0.2, -0.15) is 5.10 Å². The van der Waals surface area contributed by atoms with Crippen molar-refractivity contribution in [2.45, 2.75) is 51.5 Å². The van der Waals surface area contributed by atoms with E-state index in [0.717, 1.165) is 41.4 Å². The molecule has 2 unspecified atom stereocenters. The van der Waals surface area contributed by atoms with Crippen LogP contribution in [0.25, 0.3) is 0 Å². The summed E-state index contributed by atoms with van der Waals surface area (Å²) in [6.45, 7) is 4.71. The molecule has 40 heavy (non-hydrogen) atoms. The highest BCUT2D eigenvalue weighted by Gasteiger charge is 2.38. The maximum absolute atomic E-state index is 14.6. The Kier molecular flexibility index (Phi) is 7.92. The van der Waals surface area contributed by atoms with E-state index in [1.165, 1.54) is 17.9 Å². The number of nitrogens with zero attached hydrogens (tertiary/aromatic N) is 5. The molecule has 0 bridgehead atoms. The average Bonchev–Trinajstić information content (AvgIpc) is 3.00. The van der Waals surface area contributed by atoms with Gasteiger partial charge in [0.25, 0.3) is 11.8 Å². The summed E-state index contributed by atoms with van der Waals surface area (Å²) in [5.74, 6) is -3.59. The van der Waals surface area contributed by atoms with Crippen molar-refractivity contribution >= 4 is 17.5 Å². The molecule has 6 nitrogen and oxygen atoms in total. The number of aromatic nitrogens is 1. The zero-order valence-corrected chi connectivity index (χ0v) is 23.0. The van der Waals surface area contributed by atoms with E-state index < -0.39 is 29.6 Å². The number of piperidine rings is 1. The number of fused-ring (bicyclic) bond motifs is 1. The average molecular weight is 550 g/mol. The minimum Gasteiger partial charge on any atom is -0.358 e. The second-order valence-corrected chi connectivity index (χ2v) is 10.5. The van der Waals surface area contributed by atoms with Crippen LogP contribution in [0, 0.1) is 17.7 Å². The van der Waals surface area contributed by atoms with Crippen LogP contribution in [0.5, 0.6) is 0 Å². The highest BCUT2D eigenvalue weighted by atomic mass is 19.3. The molecular weight excluding hydrogens is 515 g/mol. The lowest BCUT2D eigenvalue weighted by atomic mass is 9.80. The van der Waals surface area contributed by atoms with E-state index >= 15 is 0 Å². The summed E-state index contributed by atoms with van der Waals surface area (Å²) in [4.78, 5) is 21.5. The zero-order chi connectivity index (χ0) is 28.4. The summed E-state index contributed by atoms with van der Waals surface area (Å²) >= 11 is 0. The van der Waals surface area contributed by atoms with Gasteiger partial charge in [-0.25, -0.2) is 13.2 Å². The van der Waals surface area contributed by atoms with Crippen molar-refractivity contribution in [1.82, 2.24) is 14.8 Å². The summed E-state index contributed by atoms with van der Waals surface area (Å²) in [7, 11) is 1.64. The summed E-state index contributed by atoms with van der Waals surface area (Å²) < 4.78 is 43.0. The van der Waals surface area contributed by atoms with Gasteiger partial charge in [0.15, 0.2) is 0 Å². The lowest BCUT2D eigenvalue weighted by Crippen LogP contribution is -2.50. The van der Waals surface area contributed by atoms with Crippen molar-refractivity contribution in [3.8, 4) is 0 Å². The van der Waals surface area contributed by atoms with Gasteiger partial charge >= 0.3 is 0 Å². The number of carbonyl (C=O) groups excluding carboxylic acids is 1. The Morgan fingerprint density at radius 3 is 2.48 bits per heavy atom. The Morgan fingerprint density at radius 2 is 1.77 bits per heavy atom. The molecule has 1 fully saturated rings. The summed E-state index contributed by atoms with van der Waals surface area (Å²) in [5, 5.41) is 9.36. The summed E-state index contributed by atoms with van der Waals surface area (Å²) in [6.07, 6.45) is 11.8. The van der Waals surface area contributed by atoms with Gasteiger partial charge in [0.05, 0.1) is 5.71 Å². The predicted molar refractivity (Wildman–Crippen MR) is 150 cm³/mol. The molecule has 2 aromatic rings. The van der Waals surface area contributed by atoms with Crippen molar-refractivity contribution in [2.75, 3.05) is 20.1 Å². The van der Waals surface area contributed by atoms with Crippen LogP contribution >= 0.6 is 0 Å². The molecule has 0 N–H and O–H groups in total. The van der Waals surface area contributed by atoms with Crippen molar-refractivity contribution < 1.29 is 18.0 Å². The molecular formula is C31H34F3N5O. The lowest BCUT2D eigenvalue weighted by Gasteiger charge is -2.41. The molecule has 1 aromatic carbocycles. The van der Waals surface area contributed by atoms with Gasteiger partial charge in [-0.05, 0) is 49.6 Å². The van der Waals surface area contributed by atoms with E-state index in [1.54, 1.807) is 7.05 Å². The third kappa shape index (κ3) is 5.33. The van der Waals surface area contributed by atoms with Crippen LogP contribution in [0.4, 0.5) is 13.2 Å². The molecule has 2 atom stereocenters. The van der Waals surface area contributed by atoms with Crippen molar-refractivity contribution in [3.05, 3.63) is 89.0 Å². The number of alkyl halides is 2. The summed E-state index contributed by atoms with van der Waals surface area (Å²) in [5.41, 5.74) is 2.25. The van der Waals surface area contributed by atoms with E-state index in [4.69, 9.17) is 0 Å². The van der Waals surface area contributed by atoms with Gasteiger partial charge in [-0.1, -0.05) is 38.2 Å². The largest absolute Gasteiger partial charge is 0.358 e. The molecule has 1 aromatic heterocycles. The number of pyridine rings is 1. The van der Waals surface area contributed by atoms with Crippen LogP contribution in [0.3, 0.4) is 0 Å². The number of hydrogen-bond acceptors (Lipinski definition) is 5. The number of amidine groups is 1. The minimum atomic E-state index is -3.29. The normalized spacial score (nSPS) is 21.1. The Morgan fingerprint density at radius 1 is 1.05 bits per heavy atom. The van der Waals surface area contributed by atoms with E-state index in [9.17, 15) is 18.0 Å². The SMILES string of the molecule is CCc1cc(C2=NN=C(N3CCC(N(C)C(=O)c4ccc(F)cc4C(F)(F)CC)CC3)C3C=CC=CC23)ccn1. The molecule has 0 radical (unpaired) electrons. The predicted octanol–water partition coefficient (Wildman–Crippen LogP) is 6.00. The van der Waals surface area contributed by atoms with E-state index in [1.807, 2.05) is 24.4 Å². The second kappa shape index (κ2) is 11.4. The molecule has 0 spiro atoms. The Hall–Kier alpha value is -3.75. The molecule has 210 valence electrons. The van der Waals surface area contributed by atoms with E-state index in [-0.39, 0.29) is 23.4 Å². The maximum Gasteiger partial charge on any atom is 0.273 e. The van der Waals surface area contributed by atoms with Gasteiger partial charge in [-0.3, -0.25) is 9.78 Å². The van der Waals surface area contributed by atoms with Gasteiger partial charge in [0, 0.05) is 73.0 Å². The first-order chi connectivity index (χ1) is 19.2. The number of aryl methyl sites for hydroxylation is 1.